The van der Waals surface area contributed by atoms with Crippen LogP contribution in [0.2, 0.25) is 5.02 Å². The van der Waals surface area contributed by atoms with E-state index >= 15 is 0 Å². The summed E-state index contributed by atoms with van der Waals surface area (Å²) in [6, 6.07) is 13.0. The van der Waals surface area contributed by atoms with Crippen LogP contribution in [-0.2, 0) is 6.54 Å². The predicted molar refractivity (Wildman–Crippen MR) is 111 cm³/mol. The molecule has 142 valence electrons. The summed E-state index contributed by atoms with van der Waals surface area (Å²) in [5, 5.41) is 9.13. The molecule has 0 atom stereocenters. The number of methoxy groups -OCH3 is 1. The first kappa shape index (κ1) is 18.5. The van der Waals surface area contributed by atoms with Gasteiger partial charge in [-0.3, -0.25) is 4.79 Å². The summed E-state index contributed by atoms with van der Waals surface area (Å²) in [5.74, 6) is 0.389. The number of aromatic nitrogens is 3. The molecule has 0 saturated carbocycles. The number of aryl methyl sites for hydroxylation is 1. The number of pyridine rings is 1. The van der Waals surface area contributed by atoms with E-state index in [0.29, 0.717) is 22.3 Å². The molecule has 28 heavy (non-hydrogen) atoms. The van der Waals surface area contributed by atoms with Gasteiger partial charge in [-0.2, -0.15) is 5.10 Å². The third-order valence-corrected chi connectivity index (χ3v) is 5.63. The quantitative estimate of drug-likeness (QED) is 0.528. The minimum Gasteiger partial charge on any atom is -0.481 e. The van der Waals surface area contributed by atoms with E-state index in [0.717, 1.165) is 27.2 Å². The summed E-state index contributed by atoms with van der Waals surface area (Å²) >= 11 is 7.52. The molecule has 0 aliphatic rings. The van der Waals surface area contributed by atoms with Gasteiger partial charge in [0.05, 0.1) is 23.4 Å². The SMILES string of the molecule is COc1cc(CNC(=O)c2cc3c(C)nn(-c4cccc(Cl)c4)c3s2)ccn1. The number of fused-ring (bicyclic) bond motifs is 1. The van der Waals surface area contributed by atoms with Crippen LogP contribution in [0.3, 0.4) is 0 Å². The highest BCUT2D eigenvalue weighted by Crippen LogP contribution is 2.31. The van der Waals surface area contributed by atoms with Gasteiger partial charge in [-0.1, -0.05) is 17.7 Å². The van der Waals surface area contributed by atoms with Gasteiger partial charge in [0.25, 0.3) is 5.91 Å². The van der Waals surface area contributed by atoms with Gasteiger partial charge in [0.2, 0.25) is 5.88 Å². The molecule has 0 fully saturated rings. The van der Waals surface area contributed by atoms with Gasteiger partial charge in [0.15, 0.2) is 0 Å². The van der Waals surface area contributed by atoms with E-state index in [-0.39, 0.29) is 5.91 Å². The monoisotopic (exact) mass is 412 g/mol. The van der Waals surface area contributed by atoms with Crippen LogP contribution in [0.1, 0.15) is 20.9 Å². The van der Waals surface area contributed by atoms with Gasteiger partial charge < -0.3 is 10.1 Å². The summed E-state index contributed by atoms with van der Waals surface area (Å²) in [6.07, 6.45) is 1.66. The number of halogens is 1. The maximum atomic E-state index is 12.7. The molecule has 1 amide bonds. The van der Waals surface area contributed by atoms with Gasteiger partial charge in [-0.15, -0.1) is 11.3 Å². The minimum atomic E-state index is -0.131. The van der Waals surface area contributed by atoms with Crippen LogP contribution < -0.4 is 10.1 Å². The van der Waals surface area contributed by atoms with E-state index in [4.69, 9.17) is 16.3 Å². The molecule has 0 aliphatic heterocycles. The fourth-order valence-electron chi connectivity index (χ4n) is 2.88. The van der Waals surface area contributed by atoms with Crippen molar-refractivity contribution in [1.82, 2.24) is 20.1 Å². The number of ether oxygens (including phenoxy) is 1. The van der Waals surface area contributed by atoms with Crippen LogP contribution in [0, 0.1) is 6.92 Å². The molecule has 0 unspecified atom stereocenters. The molecule has 1 N–H and O–H groups in total. The second-order valence-corrected chi connectivity index (χ2v) is 7.66. The Balaban J connectivity index is 1.59. The van der Waals surface area contributed by atoms with E-state index in [1.165, 1.54) is 11.3 Å². The van der Waals surface area contributed by atoms with Gasteiger partial charge >= 0.3 is 0 Å². The average molecular weight is 413 g/mol. The molecule has 4 aromatic rings. The molecule has 3 aromatic heterocycles. The number of thiophene rings is 1. The van der Waals surface area contributed by atoms with Crippen molar-refractivity contribution < 1.29 is 9.53 Å². The number of amides is 1. The van der Waals surface area contributed by atoms with Crippen molar-refractivity contribution in [3.05, 3.63) is 69.8 Å². The summed E-state index contributed by atoms with van der Waals surface area (Å²) in [7, 11) is 1.56. The second-order valence-electron chi connectivity index (χ2n) is 6.20. The highest BCUT2D eigenvalue weighted by atomic mass is 35.5. The van der Waals surface area contributed by atoms with E-state index in [9.17, 15) is 4.79 Å². The Labute approximate surface area is 170 Å². The maximum Gasteiger partial charge on any atom is 0.261 e. The Morgan fingerprint density at radius 1 is 1.29 bits per heavy atom. The number of rotatable bonds is 5. The number of hydrogen-bond donors (Lipinski definition) is 1. The lowest BCUT2D eigenvalue weighted by Crippen LogP contribution is -2.21. The van der Waals surface area contributed by atoms with Crippen molar-refractivity contribution in [1.29, 1.82) is 0 Å². The van der Waals surface area contributed by atoms with Gasteiger partial charge in [0.1, 0.15) is 4.83 Å². The van der Waals surface area contributed by atoms with Crippen molar-refractivity contribution in [2.24, 2.45) is 0 Å². The molecule has 0 saturated heterocycles. The van der Waals surface area contributed by atoms with Crippen LogP contribution in [0.25, 0.3) is 15.9 Å². The largest absolute Gasteiger partial charge is 0.481 e. The number of nitrogens with one attached hydrogen (secondary N) is 1. The molecular formula is C20H17ClN4O2S. The second kappa shape index (κ2) is 7.61. The Morgan fingerprint density at radius 3 is 2.93 bits per heavy atom. The Hall–Kier alpha value is -2.90. The van der Waals surface area contributed by atoms with Gasteiger partial charge in [-0.25, -0.2) is 9.67 Å². The van der Waals surface area contributed by atoms with Crippen LogP contribution in [0.15, 0.2) is 48.7 Å². The minimum absolute atomic E-state index is 0.131. The van der Waals surface area contributed by atoms with E-state index in [1.807, 2.05) is 48.0 Å². The molecule has 3 heterocycles. The number of benzene rings is 1. The van der Waals surface area contributed by atoms with Crippen molar-refractivity contribution in [3.63, 3.8) is 0 Å². The lowest BCUT2D eigenvalue weighted by molar-refractivity contribution is 0.0955. The van der Waals surface area contributed by atoms with E-state index in [1.54, 1.807) is 19.4 Å². The van der Waals surface area contributed by atoms with E-state index in [2.05, 4.69) is 15.4 Å². The Bertz CT molecular complexity index is 1170. The molecule has 1 aromatic carbocycles. The molecule has 0 bridgehead atoms. The van der Waals surface area contributed by atoms with E-state index < -0.39 is 0 Å². The van der Waals surface area contributed by atoms with Crippen LogP contribution >= 0.6 is 22.9 Å². The van der Waals surface area contributed by atoms with Crippen molar-refractivity contribution in [3.8, 4) is 11.6 Å². The zero-order valence-electron chi connectivity index (χ0n) is 15.3. The third-order valence-electron chi connectivity index (χ3n) is 4.28. The smallest absolute Gasteiger partial charge is 0.261 e. The fourth-order valence-corrected chi connectivity index (χ4v) is 4.17. The standard InChI is InChI=1S/C20H17ClN4O2S/c1-12-16-10-17(19(26)23-11-13-6-7-22-18(8-13)27-2)28-20(16)25(24-12)15-5-3-4-14(21)9-15/h3-10H,11H2,1-2H3,(H,23,26). The first-order valence-corrected chi connectivity index (χ1v) is 9.77. The Morgan fingerprint density at radius 2 is 2.14 bits per heavy atom. The number of carbonyl (C=O) groups excluding carboxylic acids is 1. The molecule has 8 heteroatoms. The molecule has 0 spiro atoms. The molecular weight excluding hydrogens is 396 g/mol. The van der Waals surface area contributed by atoms with Gasteiger partial charge in [-0.05, 0) is 42.8 Å². The molecule has 0 aliphatic carbocycles. The summed E-state index contributed by atoms with van der Waals surface area (Å²) in [5.41, 5.74) is 2.65. The van der Waals surface area contributed by atoms with Crippen LogP contribution in [0.5, 0.6) is 5.88 Å². The summed E-state index contributed by atoms with van der Waals surface area (Å²) < 4.78 is 6.94. The normalized spacial score (nSPS) is 11.0. The van der Waals surface area contributed by atoms with Crippen molar-refractivity contribution in [2.45, 2.75) is 13.5 Å². The summed E-state index contributed by atoms with van der Waals surface area (Å²) in [4.78, 5) is 18.3. The van der Waals surface area contributed by atoms with Crippen molar-refractivity contribution in [2.75, 3.05) is 7.11 Å². The number of hydrogen-bond acceptors (Lipinski definition) is 5. The zero-order valence-corrected chi connectivity index (χ0v) is 16.8. The van der Waals surface area contributed by atoms with Gasteiger partial charge in [0, 0.05) is 29.2 Å². The molecule has 4 rings (SSSR count). The lowest BCUT2D eigenvalue weighted by Gasteiger charge is -2.05. The predicted octanol–water partition coefficient (Wildman–Crippen LogP) is 4.38. The average Bonchev–Trinajstić information content (AvgIpc) is 3.27. The number of carbonyl (C=O) groups is 1. The van der Waals surface area contributed by atoms with Crippen LogP contribution in [0.4, 0.5) is 0 Å². The van der Waals surface area contributed by atoms with Crippen LogP contribution in [-0.4, -0.2) is 27.8 Å². The fraction of sp³-hybridized carbons (Fsp3) is 0.150. The topological polar surface area (TPSA) is 69.0 Å². The maximum absolute atomic E-state index is 12.7. The first-order valence-electron chi connectivity index (χ1n) is 8.57. The Kier molecular flexibility index (Phi) is 5.02. The molecule has 6 nitrogen and oxygen atoms in total. The summed E-state index contributed by atoms with van der Waals surface area (Å²) in [6.45, 7) is 2.33. The first-order chi connectivity index (χ1) is 13.5. The lowest BCUT2D eigenvalue weighted by atomic mass is 10.2. The molecule has 0 radical (unpaired) electrons. The third kappa shape index (κ3) is 3.58. The zero-order chi connectivity index (χ0) is 19.7. The number of nitrogens with zero attached hydrogens (tertiary/aromatic N) is 3. The highest BCUT2D eigenvalue weighted by molar-refractivity contribution is 7.20. The van der Waals surface area contributed by atoms with Crippen molar-refractivity contribution >= 4 is 39.1 Å². The highest BCUT2D eigenvalue weighted by Gasteiger charge is 2.17.